The molecule has 0 spiro atoms. The van der Waals surface area contributed by atoms with Gasteiger partial charge in [-0.25, -0.2) is 0 Å². The van der Waals surface area contributed by atoms with Crippen molar-refractivity contribution in [3.8, 4) is 11.5 Å². The van der Waals surface area contributed by atoms with Gasteiger partial charge >= 0.3 is 0 Å². The van der Waals surface area contributed by atoms with Crippen molar-refractivity contribution in [3.63, 3.8) is 0 Å². The summed E-state index contributed by atoms with van der Waals surface area (Å²) in [6, 6.07) is 16.2. The Morgan fingerprint density at radius 3 is 2.30 bits per heavy atom. The Hall–Kier alpha value is -2.22. The molecule has 104 valence electrons. The molecule has 2 heteroatoms. The van der Waals surface area contributed by atoms with E-state index in [9.17, 15) is 0 Å². The number of aryl methyl sites for hydroxylation is 1. The standard InChI is InChI=1S/C18H20O2/c1-14(17-6-4-5-7-18(17)20-3)8-9-15-10-12-16(19-2)13-11-15/h4-7,10-13H,1,8-9H2,2-3H3. The van der Waals surface area contributed by atoms with E-state index < -0.39 is 0 Å². The highest BCUT2D eigenvalue weighted by molar-refractivity contribution is 5.68. The third-order valence-electron chi connectivity index (χ3n) is 3.36. The zero-order valence-corrected chi connectivity index (χ0v) is 12.1. The van der Waals surface area contributed by atoms with Gasteiger partial charge in [0.25, 0.3) is 0 Å². The molecule has 0 aliphatic carbocycles. The van der Waals surface area contributed by atoms with E-state index in [1.54, 1.807) is 14.2 Å². The third kappa shape index (κ3) is 3.41. The lowest BCUT2D eigenvalue weighted by Gasteiger charge is -2.11. The molecule has 0 atom stereocenters. The molecule has 0 aliphatic rings. The largest absolute Gasteiger partial charge is 0.497 e. The number of allylic oxidation sites excluding steroid dienone is 1. The number of rotatable bonds is 6. The van der Waals surface area contributed by atoms with E-state index in [0.717, 1.165) is 35.5 Å². The molecule has 0 aliphatic heterocycles. The van der Waals surface area contributed by atoms with Crippen LogP contribution in [0.15, 0.2) is 55.1 Å². The van der Waals surface area contributed by atoms with Gasteiger partial charge in [-0.2, -0.15) is 0 Å². The first kappa shape index (κ1) is 14.2. The summed E-state index contributed by atoms with van der Waals surface area (Å²) in [5, 5.41) is 0. The van der Waals surface area contributed by atoms with Gasteiger partial charge in [0.1, 0.15) is 11.5 Å². The molecule has 0 saturated heterocycles. The van der Waals surface area contributed by atoms with Crippen LogP contribution in [0.2, 0.25) is 0 Å². The molecule has 2 aromatic rings. The van der Waals surface area contributed by atoms with E-state index in [1.165, 1.54) is 5.56 Å². The summed E-state index contributed by atoms with van der Waals surface area (Å²) < 4.78 is 10.5. The van der Waals surface area contributed by atoms with Crippen LogP contribution in [0.4, 0.5) is 0 Å². The maximum absolute atomic E-state index is 5.37. The molecule has 0 amide bonds. The number of methoxy groups -OCH3 is 2. The SMILES string of the molecule is C=C(CCc1ccc(OC)cc1)c1ccccc1OC. The molecule has 20 heavy (non-hydrogen) atoms. The number of benzene rings is 2. The summed E-state index contributed by atoms with van der Waals surface area (Å²) in [7, 11) is 3.37. The number of para-hydroxylation sites is 1. The van der Waals surface area contributed by atoms with Crippen molar-refractivity contribution < 1.29 is 9.47 Å². The van der Waals surface area contributed by atoms with E-state index in [1.807, 2.05) is 30.3 Å². The van der Waals surface area contributed by atoms with Crippen molar-refractivity contribution in [2.75, 3.05) is 14.2 Å². The molecule has 0 fully saturated rings. The fraction of sp³-hybridized carbons (Fsp3) is 0.222. The van der Waals surface area contributed by atoms with Crippen LogP contribution in [-0.2, 0) is 6.42 Å². The fourth-order valence-corrected chi connectivity index (χ4v) is 2.16. The Balaban J connectivity index is 2.01. The zero-order valence-electron chi connectivity index (χ0n) is 12.1. The van der Waals surface area contributed by atoms with Crippen LogP contribution < -0.4 is 9.47 Å². The lowest BCUT2D eigenvalue weighted by molar-refractivity contribution is 0.413. The Kier molecular flexibility index (Phi) is 4.83. The van der Waals surface area contributed by atoms with Gasteiger partial charge in [-0.1, -0.05) is 36.9 Å². The number of hydrogen-bond donors (Lipinski definition) is 0. The Morgan fingerprint density at radius 1 is 0.950 bits per heavy atom. The second-order valence-corrected chi connectivity index (χ2v) is 4.65. The van der Waals surface area contributed by atoms with Crippen molar-refractivity contribution in [1.82, 2.24) is 0 Å². The van der Waals surface area contributed by atoms with Gasteiger partial charge in [-0.05, 0) is 42.2 Å². The van der Waals surface area contributed by atoms with E-state index in [4.69, 9.17) is 9.47 Å². The highest BCUT2D eigenvalue weighted by Gasteiger charge is 2.06. The van der Waals surface area contributed by atoms with Gasteiger partial charge in [0.2, 0.25) is 0 Å². The van der Waals surface area contributed by atoms with Gasteiger partial charge in [0, 0.05) is 5.56 Å². The van der Waals surface area contributed by atoms with Crippen LogP contribution in [0.3, 0.4) is 0 Å². The van der Waals surface area contributed by atoms with Crippen molar-refractivity contribution in [2.24, 2.45) is 0 Å². The molecule has 2 rings (SSSR count). The highest BCUT2D eigenvalue weighted by atomic mass is 16.5. The van der Waals surface area contributed by atoms with Crippen LogP contribution in [0, 0.1) is 0 Å². The Bertz CT molecular complexity index is 570. The second-order valence-electron chi connectivity index (χ2n) is 4.65. The predicted octanol–water partition coefficient (Wildman–Crippen LogP) is 4.35. The lowest BCUT2D eigenvalue weighted by atomic mass is 9.99. The molecule has 0 saturated carbocycles. The monoisotopic (exact) mass is 268 g/mol. The molecular weight excluding hydrogens is 248 g/mol. The normalized spacial score (nSPS) is 10.1. The summed E-state index contributed by atoms with van der Waals surface area (Å²) in [6.07, 6.45) is 1.87. The van der Waals surface area contributed by atoms with Crippen LogP contribution in [0.25, 0.3) is 5.57 Å². The predicted molar refractivity (Wildman–Crippen MR) is 83.3 cm³/mol. The molecule has 0 heterocycles. The molecule has 0 unspecified atom stereocenters. The van der Waals surface area contributed by atoms with E-state index >= 15 is 0 Å². The molecule has 0 radical (unpaired) electrons. The van der Waals surface area contributed by atoms with E-state index in [0.29, 0.717) is 0 Å². The molecule has 0 N–H and O–H groups in total. The van der Waals surface area contributed by atoms with Crippen LogP contribution >= 0.6 is 0 Å². The molecule has 0 bridgehead atoms. The zero-order chi connectivity index (χ0) is 14.4. The van der Waals surface area contributed by atoms with Gasteiger partial charge in [-0.3, -0.25) is 0 Å². The molecule has 0 aromatic heterocycles. The van der Waals surface area contributed by atoms with Crippen molar-refractivity contribution in [1.29, 1.82) is 0 Å². The second kappa shape index (κ2) is 6.80. The van der Waals surface area contributed by atoms with E-state index in [2.05, 4.69) is 24.8 Å². The summed E-state index contributed by atoms with van der Waals surface area (Å²) >= 11 is 0. The first-order valence-corrected chi connectivity index (χ1v) is 6.68. The summed E-state index contributed by atoms with van der Waals surface area (Å²) in [5.41, 5.74) is 3.46. The van der Waals surface area contributed by atoms with Gasteiger partial charge in [0.05, 0.1) is 14.2 Å². The molecular formula is C18H20O2. The van der Waals surface area contributed by atoms with Crippen molar-refractivity contribution in [3.05, 3.63) is 66.2 Å². The van der Waals surface area contributed by atoms with E-state index in [-0.39, 0.29) is 0 Å². The molecule has 2 nitrogen and oxygen atoms in total. The van der Waals surface area contributed by atoms with Crippen molar-refractivity contribution in [2.45, 2.75) is 12.8 Å². The fourth-order valence-electron chi connectivity index (χ4n) is 2.16. The first-order chi connectivity index (χ1) is 9.74. The minimum absolute atomic E-state index is 0.882. The Labute approximate surface area is 120 Å². The van der Waals surface area contributed by atoms with Crippen LogP contribution in [0.5, 0.6) is 11.5 Å². The lowest BCUT2D eigenvalue weighted by Crippen LogP contribution is -1.93. The maximum Gasteiger partial charge on any atom is 0.126 e. The van der Waals surface area contributed by atoms with Gasteiger partial charge < -0.3 is 9.47 Å². The number of ether oxygens (including phenoxy) is 2. The quantitative estimate of drug-likeness (QED) is 0.775. The minimum Gasteiger partial charge on any atom is -0.497 e. The van der Waals surface area contributed by atoms with Crippen molar-refractivity contribution >= 4 is 5.57 Å². The number of hydrogen-bond acceptors (Lipinski definition) is 2. The maximum atomic E-state index is 5.37. The third-order valence-corrected chi connectivity index (χ3v) is 3.36. The topological polar surface area (TPSA) is 18.5 Å². The minimum atomic E-state index is 0.882. The first-order valence-electron chi connectivity index (χ1n) is 6.68. The summed E-state index contributed by atoms with van der Waals surface area (Å²) in [5.74, 6) is 1.77. The summed E-state index contributed by atoms with van der Waals surface area (Å²) in [6.45, 7) is 4.18. The van der Waals surface area contributed by atoms with Crippen LogP contribution in [0.1, 0.15) is 17.5 Å². The average Bonchev–Trinajstić information content (AvgIpc) is 2.53. The highest BCUT2D eigenvalue weighted by Crippen LogP contribution is 2.27. The Morgan fingerprint density at radius 2 is 1.65 bits per heavy atom. The summed E-state index contributed by atoms with van der Waals surface area (Å²) in [4.78, 5) is 0. The average molecular weight is 268 g/mol. The van der Waals surface area contributed by atoms with Gasteiger partial charge in [0.15, 0.2) is 0 Å². The van der Waals surface area contributed by atoms with Crippen LogP contribution in [-0.4, -0.2) is 14.2 Å². The van der Waals surface area contributed by atoms with Gasteiger partial charge in [-0.15, -0.1) is 0 Å². The molecule has 2 aromatic carbocycles. The smallest absolute Gasteiger partial charge is 0.126 e.